The highest BCUT2D eigenvalue weighted by molar-refractivity contribution is 6.07. The molecule has 0 aliphatic carbocycles. The summed E-state index contributed by atoms with van der Waals surface area (Å²) in [5, 5.41) is 3.03. The number of pyridine rings is 1. The maximum atomic E-state index is 13.9. The number of benzene rings is 1. The summed E-state index contributed by atoms with van der Waals surface area (Å²) in [5.74, 6) is 0.251. The lowest BCUT2D eigenvalue weighted by molar-refractivity contribution is -0.137. The Balaban J connectivity index is 1.33. The van der Waals surface area contributed by atoms with Crippen molar-refractivity contribution in [2.75, 3.05) is 33.4 Å². The number of nitrogens with zero attached hydrogens (tertiary/aromatic N) is 3. The van der Waals surface area contributed by atoms with Crippen LogP contribution in [-0.4, -0.2) is 72.1 Å². The van der Waals surface area contributed by atoms with Gasteiger partial charge in [0.05, 0.1) is 31.9 Å². The lowest BCUT2D eigenvalue weighted by Crippen LogP contribution is -2.55. The van der Waals surface area contributed by atoms with Crippen molar-refractivity contribution >= 4 is 17.8 Å². The average molecular weight is 493 g/mol. The molecule has 3 aliphatic heterocycles. The molecule has 3 aliphatic rings. The number of amides is 4. The second-order valence-corrected chi connectivity index (χ2v) is 9.65. The number of hydrogen-bond acceptors (Lipinski definition) is 6. The third-order valence-corrected chi connectivity index (χ3v) is 7.61. The fourth-order valence-corrected chi connectivity index (χ4v) is 5.69. The van der Waals surface area contributed by atoms with E-state index in [1.54, 1.807) is 25.4 Å². The summed E-state index contributed by atoms with van der Waals surface area (Å²) in [6.07, 6.45) is 4.69. The number of carbonyl (C=O) groups is 3. The number of nitrogens with one attached hydrogen (secondary N) is 1. The SMILES string of the molecule is COc1ccccc1CC(=O)N1CCC([C@@]2(c3ccccn3)NC(=O)N(C[C@H]3CCCO3)C2=O)CC1. The molecule has 5 rings (SSSR count). The molecule has 190 valence electrons. The van der Waals surface area contributed by atoms with Crippen molar-refractivity contribution in [1.29, 1.82) is 0 Å². The van der Waals surface area contributed by atoms with Crippen LogP contribution in [0.3, 0.4) is 0 Å². The summed E-state index contributed by atoms with van der Waals surface area (Å²) in [6, 6.07) is 12.5. The summed E-state index contributed by atoms with van der Waals surface area (Å²) < 4.78 is 11.1. The van der Waals surface area contributed by atoms with Crippen LogP contribution in [0, 0.1) is 5.92 Å². The maximum Gasteiger partial charge on any atom is 0.325 e. The van der Waals surface area contributed by atoms with Crippen molar-refractivity contribution in [2.45, 2.75) is 43.7 Å². The molecule has 2 atom stereocenters. The first-order valence-electron chi connectivity index (χ1n) is 12.6. The average Bonchev–Trinajstić information content (AvgIpc) is 3.52. The van der Waals surface area contributed by atoms with E-state index in [0.717, 1.165) is 18.4 Å². The normalized spacial score (nSPS) is 24.8. The van der Waals surface area contributed by atoms with E-state index in [0.29, 0.717) is 44.0 Å². The number of carbonyl (C=O) groups excluding carboxylic acids is 3. The number of aromatic nitrogens is 1. The van der Waals surface area contributed by atoms with Gasteiger partial charge < -0.3 is 19.7 Å². The van der Waals surface area contributed by atoms with Gasteiger partial charge in [0.2, 0.25) is 5.91 Å². The minimum atomic E-state index is -1.24. The van der Waals surface area contributed by atoms with Crippen molar-refractivity contribution in [3.63, 3.8) is 0 Å². The van der Waals surface area contributed by atoms with Gasteiger partial charge >= 0.3 is 6.03 Å². The number of rotatable bonds is 7. The molecule has 0 unspecified atom stereocenters. The summed E-state index contributed by atoms with van der Waals surface area (Å²) in [7, 11) is 1.60. The topological polar surface area (TPSA) is 101 Å². The van der Waals surface area contributed by atoms with Gasteiger partial charge in [-0.3, -0.25) is 19.5 Å². The molecule has 0 spiro atoms. The molecule has 1 aromatic heterocycles. The predicted octanol–water partition coefficient (Wildman–Crippen LogP) is 2.50. The van der Waals surface area contributed by atoms with Crippen molar-refractivity contribution in [2.24, 2.45) is 5.92 Å². The molecule has 3 saturated heterocycles. The van der Waals surface area contributed by atoms with Crippen LogP contribution in [0.15, 0.2) is 48.7 Å². The molecule has 4 heterocycles. The smallest absolute Gasteiger partial charge is 0.325 e. The molecule has 4 amide bonds. The molecule has 2 aromatic rings. The monoisotopic (exact) mass is 492 g/mol. The Bertz CT molecular complexity index is 1110. The number of likely N-dealkylation sites (tertiary alicyclic amines) is 1. The molecule has 1 aromatic carbocycles. The van der Waals surface area contributed by atoms with Crippen LogP contribution in [0.5, 0.6) is 5.75 Å². The van der Waals surface area contributed by atoms with Crippen LogP contribution < -0.4 is 10.1 Å². The molecule has 9 nitrogen and oxygen atoms in total. The summed E-state index contributed by atoms with van der Waals surface area (Å²) in [4.78, 5) is 47.7. The van der Waals surface area contributed by atoms with Crippen LogP contribution in [0.2, 0.25) is 0 Å². The second kappa shape index (κ2) is 10.3. The molecule has 36 heavy (non-hydrogen) atoms. The van der Waals surface area contributed by atoms with Gasteiger partial charge in [-0.05, 0) is 43.9 Å². The van der Waals surface area contributed by atoms with E-state index in [1.807, 2.05) is 35.2 Å². The predicted molar refractivity (Wildman–Crippen MR) is 131 cm³/mol. The van der Waals surface area contributed by atoms with Crippen LogP contribution >= 0.6 is 0 Å². The number of piperidine rings is 1. The van der Waals surface area contributed by atoms with E-state index in [1.165, 1.54) is 4.90 Å². The first-order valence-corrected chi connectivity index (χ1v) is 12.6. The molecule has 0 saturated carbocycles. The highest BCUT2D eigenvalue weighted by Crippen LogP contribution is 2.41. The van der Waals surface area contributed by atoms with E-state index in [9.17, 15) is 14.4 Å². The minimum absolute atomic E-state index is 0.0200. The Hall–Kier alpha value is -3.46. The van der Waals surface area contributed by atoms with Crippen molar-refractivity contribution < 1.29 is 23.9 Å². The molecule has 3 fully saturated rings. The lowest BCUT2D eigenvalue weighted by atomic mass is 9.75. The fraction of sp³-hybridized carbons (Fsp3) is 0.481. The van der Waals surface area contributed by atoms with Gasteiger partial charge in [-0.1, -0.05) is 24.3 Å². The zero-order valence-corrected chi connectivity index (χ0v) is 20.5. The molecular weight excluding hydrogens is 460 g/mol. The highest BCUT2D eigenvalue weighted by Gasteiger charge is 2.58. The van der Waals surface area contributed by atoms with E-state index >= 15 is 0 Å². The molecule has 0 bridgehead atoms. The Morgan fingerprint density at radius 3 is 2.61 bits per heavy atom. The standard InChI is InChI=1S/C27H32N4O5/c1-35-22-9-3-2-7-19(22)17-24(32)30-14-11-20(12-15-30)27(23-10-4-5-13-28-23)25(33)31(26(34)29-27)18-21-8-6-16-36-21/h2-5,7,9-10,13,20-21H,6,8,11-12,14-18H2,1H3,(H,29,34)/t21-,27+/m1/s1. The zero-order valence-electron chi connectivity index (χ0n) is 20.5. The number of imide groups is 1. The van der Waals surface area contributed by atoms with Crippen LogP contribution in [-0.2, 0) is 26.3 Å². The first kappa shape index (κ1) is 24.2. The van der Waals surface area contributed by atoms with E-state index < -0.39 is 11.6 Å². The minimum Gasteiger partial charge on any atom is -0.496 e. The Morgan fingerprint density at radius 1 is 1.14 bits per heavy atom. The molecule has 0 radical (unpaired) electrons. The van der Waals surface area contributed by atoms with Gasteiger partial charge in [0, 0.05) is 37.4 Å². The van der Waals surface area contributed by atoms with Gasteiger partial charge in [-0.25, -0.2) is 4.79 Å². The van der Waals surface area contributed by atoms with Gasteiger partial charge in [0.1, 0.15) is 5.75 Å². The lowest BCUT2D eigenvalue weighted by Gasteiger charge is -2.40. The number of hydrogen-bond donors (Lipinski definition) is 1. The molecule has 9 heteroatoms. The number of ether oxygens (including phenoxy) is 2. The van der Waals surface area contributed by atoms with Gasteiger partial charge in [-0.15, -0.1) is 0 Å². The maximum absolute atomic E-state index is 13.9. The van der Waals surface area contributed by atoms with Crippen molar-refractivity contribution in [1.82, 2.24) is 20.1 Å². The van der Waals surface area contributed by atoms with Crippen LogP contribution in [0.25, 0.3) is 0 Å². The van der Waals surface area contributed by atoms with Gasteiger partial charge in [-0.2, -0.15) is 0 Å². The van der Waals surface area contributed by atoms with E-state index in [2.05, 4.69) is 10.3 Å². The number of methoxy groups -OCH3 is 1. The third kappa shape index (κ3) is 4.43. The quantitative estimate of drug-likeness (QED) is 0.596. The van der Waals surface area contributed by atoms with Crippen LogP contribution in [0.4, 0.5) is 4.79 Å². The molecule has 1 N–H and O–H groups in total. The Labute approximate surface area is 210 Å². The van der Waals surface area contributed by atoms with E-state index in [-0.39, 0.29) is 36.8 Å². The summed E-state index contributed by atoms with van der Waals surface area (Å²) in [6.45, 7) is 1.90. The largest absolute Gasteiger partial charge is 0.496 e. The first-order chi connectivity index (χ1) is 17.5. The Morgan fingerprint density at radius 2 is 1.92 bits per heavy atom. The van der Waals surface area contributed by atoms with Gasteiger partial charge in [0.15, 0.2) is 5.54 Å². The van der Waals surface area contributed by atoms with Crippen molar-refractivity contribution in [3.05, 3.63) is 59.9 Å². The third-order valence-electron chi connectivity index (χ3n) is 7.61. The molecular formula is C27H32N4O5. The summed E-state index contributed by atoms with van der Waals surface area (Å²) in [5.41, 5.74) is 0.145. The van der Waals surface area contributed by atoms with Gasteiger partial charge in [0.25, 0.3) is 5.91 Å². The zero-order chi connectivity index (χ0) is 25.1. The second-order valence-electron chi connectivity index (χ2n) is 9.65. The van der Waals surface area contributed by atoms with Crippen LogP contribution in [0.1, 0.15) is 36.9 Å². The Kier molecular flexibility index (Phi) is 6.91. The fourth-order valence-electron chi connectivity index (χ4n) is 5.69. The number of urea groups is 1. The highest BCUT2D eigenvalue weighted by atomic mass is 16.5. The van der Waals surface area contributed by atoms with Crippen molar-refractivity contribution in [3.8, 4) is 5.75 Å². The number of para-hydroxylation sites is 1. The summed E-state index contributed by atoms with van der Waals surface area (Å²) >= 11 is 0. The van der Waals surface area contributed by atoms with E-state index in [4.69, 9.17) is 9.47 Å².